The molecule has 0 unspecified atom stereocenters. The quantitative estimate of drug-likeness (QED) is 0.764. The Bertz CT molecular complexity index is 681. The van der Waals surface area contributed by atoms with Gasteiger partial charge in [0.1, 0.15) is 0 Å². The van der Waals surface area contributed by atoms with E-state index in [1.165, 1.54) is 11.1 Å². The van der Waals surface area contributed by atoms with Gasteiger partial charge < -0.3 is 10.2 Å². The fraction of sp³-hybridized carbons (Fsp3) is 0.389. The van der Waals surface area contributed by atoms with Crippen LogP contribution >= 0.6 is 27.3 Å². The number of hydrogen-bond acceptors (Lipinski definition) is 2. The molecular weight excluding hydrogens is 372 g/mol. The molecule has 1 aromatic heterocycles. The van der Waals surface area contributed by atoms with E-state index in [-0.39, 0.29) is 11.4 Å². The highest BCUT2D eigenvalue weighted by Gasteiger charge is 2.22. The van der Waals surface area contributed by atoms with Gasteiger partial charge in [-0.05, 0) is 40.5 Å². The molecule has 2 rings (SSSR count). The first-order valence-electron chi connectivity index (χ1n) is 7.58. The Kier molecular flexibility index (Phi) is 5.87. The van der Waals surface area contributed by atoms with Gasteiger partial charge in [0.2, 0.25) is 0 Å². The Morgan fingerprint density at radius 1 is 1.30 bits per heavy atom. The summed E-state index contributed by atoms with van der Waals surface area (Å²) in [5, 5.41) is 3.05. The molecule has 0 fully saturated rings. The minimum atomic E-state index is -0.103. The van der Waals surface area contributed by atoms with Gasteiger partial charge in [0.05, 0.1) is 10.3 Å². The molecule has 0 spiro atoms. The van der Waals surface area contributed by atoms with Gasteiger partial charge >= 0.3 is 6.03 Å². The molecule has 1 heterocycles. The zero-order valence-electron chi connectivity index (χ0n) is 14.0. The summed E-state index contributed by atoms with van der Waals surface area (Å²) in [4.78, 5) is 15.2. The normalized spacial score (nSPS) is 11.3. The van der Waals surface area contributed by atoms with E-state index in [2.05, 4.69) is 66.3 Å². The number of aryl methyl sites for hydroxylation is 1. The molecule has 1 N–H and O–H groups in total. The van der Waals surface area contributed by atoms with Crippen molar-refractivity contribution >= 4 is 33.3 Å². The Morgan fingerprint density at radius 3 is 2.65 bits per heavy atom. The third kappa shape index (κ3) is 5.08. The van der Waals surface area contributed by atoms with Gasteiger partial charge in [-0.3, -0.25) is 0 Å². The molecule has 23 heavy (non-hydrogen) atoms. The van der Waals surface area contributed by atoms with Crippen LogP contribution in [0, 0.1) is 6.92 Å². The van der Waals surface area contributed by atoms with Crippen molar-refractivity contribution in [2.75, 3.05) is 13.6 Å². The van der Waals surface area contributed by atoms with Crippen LogP contribution in [0.1, 0.15) is 29.9 Å². The van der Waals surface area contributed by atoms with Gasteiger partial charge in [-0.15, -0.1) is 11.3 Å². The van der Waals surface area contributed by atoms with Gasteiger partial charge in [-0.2, -0.15) is 0 Å². The lowest BCUT2D eigenvalue weighted by molar-refractivity contribution is 0.205. The third-order valence-corrected chi connectivity index (χ3v) is 5.46. The molecular formula is C18H23BrN2OS. The van der Waals surface area contributed by atoms with Gasteiger partial charge in [-0.1, -0.05) is 43.7 Å². The van der Waals surface area contributed by atoms with E-state index in [1.807, 2.05) is 19.2 Å². The minimum absolute atomic E-state index is 0.0461. The van der Waals surface area contributed by atoms with Crippen molar-refractivity contribution in [3.8, 4) is 0 Å². The largest absolute Gasteiger partial charge is 0.337 e. The first-order valence-corrected chi connectivity index (χ1v) is 9.19. The lowest BCUT2D eigenvalue weighted by Crippen LogP contribution is -2.42. The number of benzene rings is 1. The number of nitrogens with one attached hydrogen (secondary N) is 1. The fourth-order valence-electron chi connectivity index (χ4n) is 2.34. The van der Waals surface area contributed by atoms with Crippen LogP contribution in [0.3, 0.4) is 0 Å². The first kappa shape index (κ1) is 18.0. The molecule has 5 heteroatoms. The van der Waals surface area contributed by atoms with E-state index in [0.29, 0.717) is 13.1 Å². The molecule has 2 amide bonds. The maximum Gasteiger partial charge on any atom is 0.317 e. The standard InChI is InChI=1S/C18H23BrN2OS/c1-13-6-5-7-14(10-13)18(2,3)12-20-17(22)21(4)11-15-8-9-16(19)23-15/h5-10H,11-12H2,1-4H3,(H,20,22). The summed E-state index contributed by atoms with van der Waals surface area (Å²) >= 11 is 5.10. The van der Waals surface area contributed by atoms with Crippen molar-refractivity contribution in [1.29, 1.82) is 0 Å². The summed E-state index contributed by atoms with van der Waals surface area (Å²) < 4.78 is 1.09. The first-order chi connectivity index (χ1) is 10.8. The van der Waals surface area contributed by atoms with Crippen molar-refractivity contribution in [3.05, 3.63) is 56.2 Å². The summed E-state index contributed by atoms with van der Waals surface area (Å²) in [5.41, 5.74) is 2.37. The van der Waals surface area contributed by atoms with Gasteiger partial charge in [0.25, 0.3) is 0 Å². The number of hydrogen-bond donors (Lipinski definition) is 1. The van der Waals surface area contributed by atoms with E-state index in [1.54, 1.807) is 16.2 Å². The summed E-state index contributed by atoms with van der Waals surface area (Å²) in [6.45, 7) is 7.61. The number of halogens is 1. The summed E-state index contributed by atoms with van der Waals surface area (Å²) in [6, 6.07) is 12.4. The van der Waals surface area contributed by atoms with Crippen LogP contribution in [-0.2, 0) is 12.0 Å². The Labute approximate surface area is 150 Å². The lowest BCUT2D eigenvalue weighted by atomic mass is 9.84. The summed E-state index contributed by atoms with van der Waals surface area (Å²) in [7, 11) is 1.82. The van der Waals surface area contributed by atoms with Crippen LogP contribution in [-0.4, -0.2) is 24.5 Å². The van der Waals surface area contributed by atoms with Crippen LogP contribution in [0.15, 0.2) is 40.2 Å². The Balaban J connectivity index is 1.92. The molecule has 2 aromatic rings. The SMILES string of the molecule is Cc1cccc(C(C)(C)CNC(=O)N(C)Cc2ccc(Br)s2)c1. The predicted molar refractivity (Wildman–Crippen MR) is 101 cm³/mol. The number of thiophene rings is 1. The number of carbonyl (C=O) groups is 1. The molecule has 0 atom stereocenters. The maximum absolute atomic E-state index is 12.3. The van der Waals surface area contributed by atoms with E-state index < -0.39 is 0 Å². The van der Waals surface area contributed by atoms with Gasteiger partial charge in [-0.25, -0.2) is 4.79 Å². The van der Waals surface area contributed by atoms with Crippen molar-refractivity contribution in [2.24, 2.45) is 0 Å². The topological polar surface area (TPSA) is 32.3 Å². The minimum Gasteiger partial charge on any atom is -0.337 e. The van der Waals surface area contributed by atoms with Crippen molar-refractivity contribution in [2.45, 2.75) is 32.7 Å². The number of nitrogens with zero attached hydrogens (tertiary/aromatic N) is 1. The van der Waals surface area contributed by atoms with E-state index >= 15 is 0 Å². The van der Waals surface area contributed by atoms with E-state index in [0.717, 1.165) is 8.66 Å². The molecule has 124 valence electrons. The number of carbonyl (C=O) groups excluding carboxylic acids is 1. The van der Waals surface area contributed by atoms with Crippen LogP contribution < -0.4 is 5.32 Å². The molecule has 0 bridgehead atoms. The summed E-state index contributed by atoms with van der Waals surface area (Å²) in [6.07, 6.45) is 0. The average molecular weight is 395 g/mol. The second-order valence-electron chi connectivity index (χ2n) is 6.47. The highest BCUT2D eigenvalue weighted by molar-refractivity contribution is 9.11. The van der Waals surface area contributed by atoms with Crippen LogP contribution in [0.5, 0.6) is 0 Å². The molecule has 1 aromatic carbocycles. The van der Waals surface area contributed by atoms with Crippen molar-refractivity contribution < 1.29 is 4.79 Å². The Hall–Kier alpha value is -1.33. The van der Waals surface area contributed by atoms with Crippen molar-refractivity contribution in [1.82, 2.24) is 10.2 Å². The smallest absolute Gasteiger partial charge is 0.317 e. The monoisotopic (exact) mass is 394 g/mol. The number of amides is 2. The Morgan fingerprint density at radius 2 is 2.04 bits per heavy atom. The number of urea groups is 1. The second-order valence-corrected chi connectivity index (χ2v) is 9.02. The zero-order chi connectivity index (χ0) is 17.0. The zero-order valence-corrected chi connectivity index (χ0v) is 16.4. The summed E-state index contributed by atoms with van der Waals surface area (Å²) in [5.74, 6) is 0. The van der Waals surface area contributed by atoms with Gasteiger partial charge in [0, 0.05) is 23.9 Å². The fourth-order valence-corrected chi connectivity index (χ4v) is 3.88. The van der Waals surface area contributed by atoms with E-state index in [4.69, 9.17) is 0 Å². The van der Waals surface area contributed by atoms with E-state index in [9.17, 15) is 4.79 Å². The lowest BCUT2D eigenvalue weighted by Gasteiger charge is -2.27. The molecule has 3 nitrogen and oxygen atoms in total. The molecule has 0 aliphatic rings. The molecule has 0 aliphatic heterocycles. The number of rotatable bonds is 5. The predicted octanol–water partition coefficient (Wildman–Crippen LogP) is 4.94. The van der Waals surface area contributed by atoms with Gasteiger partial charge in [0.15, 0.2) is 0 Å². The molecule has 0 saturated heterocycles. The molecule has 0 saturated carbocycles. The highest BCUT2D eigenvalue weighted by atomic mass is 79.9. The molecule has 0 aliphatic carbocycles. The van der Waals surface area contributed by atoms with Crippen LogP contribution in [0.4, 0.5) is 4.79 Å². The molecule has 0 radical (unpaired) electrons. The van der Waals surface area contributed by atoms with Crippen LogP contribution in [0.25, 0.3) is 0 Å². The third-order valence-electron chi connectivity index (χ3n) is 3.85. The van der Waals surface area contributed by atoms with Crippen LogP contribution in [0.2, 0.25) is 0 Å². The highest BCUT2D eigenvalue weighted by Crippen LogP contribution is 2.24. The van der Waals surface area contributed by atoms with Crippen molar-refractivity contribution in [3.63, 3.8) is 0 Å². The second kappa shape index (κ2) is 7.49. The maximum atomic E-state index is 12.3. The average Bonchev–Trinajstić information content (AvgIpc) is 2.90.